The van der Waals surface area contributed by atoms with Crippen molar-refractivity contribution in [3.63, 3.8) is 0 Å². The Hall–Kier alpha value is -3.20. The predicted molar refractivity (Wildman–Crippen MR) is 131 cm³/mol. The van der Waals surface area contributed by atoms with Gasteiger partial charge >= 0.3 is 0 Å². The maximum atomic E-state index is 13.2. The summed E-state index contributed by atoms with van der Waals surface area (Å²) in [7, 11) is 1.67. The van der Waals surface area contributed by atoms with E-state index in [9.17, 15) is 14.0 Å². The number of benzene rings is 2. The van der Waals surface area contributed by atoms with Crippen molar-refractivity contribution in [3.05, 3.63) is 77.0 Å². The summed E-state index contributed by atoms with van der Waals surface area (Å²) in [6, 6.07) is 14.1. The van der Waals surface area contributed by atoms with Crippen LogP contribution in [0.15, 0.2) is 53.5 Å². The number of aliphatic imine (C=N–C) groups is 1. The van der Waals surface area contributed by atoms with Crippen LogP contribution in [0, 0.1) is 23.0 Å². The van der Waals surface area contributed by atoms with Crippen LogP contribution >= 0.6 is 24.0 Å². The van der Waals surface area contributed by atoms with E-state index < -0.39 is 0 Å². The molecule has 4 N–H and O–H groups in total. The van der Waals surface area contributed by atoms with Gasteiger partial charge in [0.1, 0.15) is 29.1 Å². The molecule has 0 saturated carbocycles. The Morgan fingerprint density at radius 3 is 2.31 bits per heavy atom. The number of halogens is 3. The molecule has 32 heavy (non-hydrogen) atoms. The van der Waals surface area contributed by atoms with Crippen molar-refractivity contribution >= 4 is 35.8 Å². The molecule has 0 aliphatic carbocycles. The molecule has 0 radical (unpaired) electrons. The number of nitrogens with one attached hydrogen (secondary N) is 2. The van der Waals surface area contributed by atoms with Crippen molar-refractivity contribution in [1.82, 2.24) is 20.4 Å². The third-order valence-electron chi connectivity index (χ3n) is 4.66. The fraction of sp³-hybridized carbons (Fsp3) is 0.227. The average Bonchev–Trinajstić information content (AvgIpc) is 3.10. The maximum Gasteiger partial charge on any atom is 0.191 e. The number of anilines is 1. The number of nitrogen functional groups attached to an aromatic ring is 1. The van der Waals surface area contributed by atoms with Crippen LogP contribution in [0.1, 0.15) is 23.2 Å². The molecule has 0 bridgehead atoms. The predicted octanol–water partition coefficient (Wildman–Crippen LogP) is 3.52. The summed E-state index contributed by atoms with van der Waals surface area (Å²) in [6.45, 7) is 1.11. The fourth-order valence-electron chi connectivity index (χ4n) is 3.03. The van der Waals surface area contributed by atoms with Crippen LogP contribution in [-0.2, 0) is 13.0 Å². The molecule has 2 aromatic carbocycles. The average molecular weight is 551 g/mol. The van der Waals surface area contributed by atoms with Crippen molar-refractivity contribution in [3.8, 4) is 11.8 Å². The Labute approximate surface area is 202 Å². The Bertz CT molecular complexity index is 1090. The van der Waals surface area contributed by atoms with Gasteiger partial charge in [0, 0.05) is 20.1 Å². The first-order valence-corrected chi connectivity index (χ1v) is 9.74. The lowest BCUT2D eigenvalue weighted by molar-refractivity contribution is 0.626. The van der Waals surface area contributed by atoms with Crippen LogP contribution in [0.25, 0.3) is 5.69 Å². The summed E-state index contributed by atoms with van der Waals surface area (Å²) in [6.07, 6.45) is 1.22. The number of rotatable bonds is 7. The standard InChI is InChI=1S/C22H23F2N7.HI/c1-27-22(29-14-15-4-6-16(23)7-5-15)28-12-2-3-20-19(13-25)21(26)31(30-20)18-10-8-17(24)9-11-18;/h4-11H,2-3,12,14,26H2,1H3,(H2,27,28,29);1H. The highest BCUT2D eigenvalue weighted by Gasteiger charge is 2.16. The molecule has 0 aliphatic rings. The molecular weight excluding hydrogens is 527 g/mol. The summed E-state index contributed by atoms with van der Waals surface area (Å²) in [5, 5.41) is 20.3. The van der Waals surface area contributed by atoms with Crippen molar-refractivity contribution < 1.29 is 8.78 Å². The van der Waals surface area contributed by atoms with Gasteiger partial charge in [-0.3, -0.25) is 4.99 Å². The lowest BCUT2D eigenvalue weighted by atomic mass is 10.1. The molecule has 168 valence electrons. The zero-order valence-electron chi connectivity index (χ0n) is 17.5. The Morgan fingerprint density at radius 1 is 1.09 bits per heavy atom. The summed E-state index contributed by atoms with van der Waals surface area (Å²) >= 11 is 0. The van der Waals surface area contributed by atoms with Crippen LogP contribution in [0.2, 0.25) is 0 Å². The van der Waals surface area contributed by atoms with Gasteiger partial charge in [-0.25, -0.2) is 13.5 Å². The number of hydrogen-bond acceptors (Lipinski definition) is 4. The van der Waals surface area contributed by atoms with Gasteiger partial charge in [-0.2, -0.15) is 10.4 Å². The third kappa shape index (κ3) is 6.40. The first-order valence-electron chi connectivity index (χ1n) is 9.74. The summed E-state index contributed by atoms with van der Waals surface area (Å²) in [5.74, 6) is 0.211. The molecule has 10 heteroatoms. The lowest BCUT2D eigenvalue weighted by Crippen LogP contribution is -2.37. The number of nitrogens with two attached hydrogens (primary N) is 1. The minimum Gasteiger partial charge on any atom is -0.382 e. The van der Waals surface area contributed by atoms with Crippen LogP contribution < -0.4 is 16.4 Å². The first kappa shape index (κ1) is 25.1. The van der Waals surface area contributed by atoms with Crippen LogP contribution in [0.5, 0.6) is 0 Å². The van der Waals surface area contributed by atoms with Crippen LogP contribution in [0.4, 0.5) is 14.6 Å². The van der Waals surface area contributed by atoms with E-state index in [0.717, 1.165) is 5.56 Å². The highest BCUT2D eigenvalue weighted by molar-refractivity contribution is 14.0. The quantitative estimate of drug-likeness (QED) is 0.181. The largest absolute Gasteiger partial charge is 0.382 e. The van der Waals surface area contributed by atoms with Gasteiger partial charge < -0.3 is 16.4 Å². The van der Waals surface area contributed by atoms with E-state index in [0.29, 0.717) is 48.8 Å². The molecule has 0 spiro atoms. The molecule has 0 saturated heterocycles. The van der Waals surface area contributed by atoms with Gasteiger partial charge in [0.05, 0.1) is 11.4 Å². The van der Waals surface area contributed by atoms with Crippen molar-refractivity contribution in [2.45, 2.75) is 19.4 Å². The minimum atomic E-state index is -0.359. The Kier molecular flexibility index (Phi) is 9.39. The Morgan fingerprint density at radius 2 is 1.72 bits per heavy atom. The lowest BCUT2D eigenvalue weighted by Gasteiger charge is -2.11. The molecule has 3 rings (SSSR count). The molecular formula is C22H24F2IN7. The van der Waals surface area contributed by atoms with E-state index in [1.807, 2.05) is 0 Å². The molecule has 0 fully saturated rings. The van der Waals surface area contributed by atoms with Gasteiger partial charge in [0.2, 0.25) is 0 Å². The molecule has 0 aliphatic heterocycles. The van der Waals surface area contributed by atoms with Gasteiger partial charge in [-0.05, 0) is 54.8 Å². The second kappa shape index (κ2) is 12.0. The molecule has 0 unspecified atom stereocenters. The second-order valence-corrected chi connectivity index (χ2v) is 6.79. The molecule has 1 aromatic heterocycles. The second-order valence-electron chi connectivity index (χ2n) is 6.79. The number of guanidine groups is 1. The van der Waals surface area contributed by atoms with E-state index in [2.05, 4.69) is 26.8 Å². The van der Waals surface area contributed by atoms with Crippen LogP contribution in [0.3, 0.4) is 0 Å². The number of nitriles is 1. The third-order valence-corrected chi connectivity index (χ3v) is 4.66. The van der Waals surface area contributed by atoms with E-state index in [4.69, 9.17) is 5.73 Å². The zero-order chi connectivity index (χ0) is 22.2. The number of hydrogen-bond donors (Lipinski definition) is 3. The summed E-state index contributed by atoms with van der Waals surface area (Å²) in [4.78, 5) is 4.16. The molecule has 3 aromatic rings. The molecule has 7 nitrogen and oxygen atoms in total. The minimum absolute atomic E-state index is 0. The molecule has 0 amide bonds. The summed E-state index contributed by atoms with van der Waals surface area (Å²) in [5.41, 5.74) is 8.51. The van der Waals surface area contributed by atoms with E-state index in [-0.39, 0.29) is 41.4 Å². The first-order chi connectivity index (χ1) is 15.0. The van der Waals surface area contributed by atoms with E-state index >= 15 is 0 Å². The van der Waals surface area contributed by atoms with Gasteiger partial charge in [0.25, 0.3) is 0 Å². The molecule has 1 heterocycles. The normalized spacial score (nSPS) is 10.9. The van der Waals surface area contributed by atoms with Crippen molar-refractivity contribution in [2.24, 2.45) is 4.99 Å². The van der Waals surface area contributed by atoms with Gasteiger partial charge in [-0.1, -0.05) is 12.1 Å². The topological polar surface area (TPSA) is 104 Å². The van der Waals surface area contributed by atoms with Crippen molar-refractivity contribution in [1.29, 1.82) is 5.26 Å². The maximum absolute atomic E-state index is 13.2. The van der Waals surface area contributed by atoms with Gasteiger partial charge in [0.15, 0.2) is 5.96 Å². The molecule has 0 atom stereocenters. The Balaban J connectivity index is 0.00000363. The highest BCUT2D eigenvalue weighted by Crippen LogP contribution is 2.21. The van der Waals surface area contributed by atoms with E-state index in [1.165, 1.54) is 28.9 Å². The number of nitrogens with zero attached hydrogens (tertiary/aromatic N) is 4. The zero-order valence-corrected chi connectivity index (χ0v) is 19.8. The fourth-order valence-corrected chi connectivity index (χ4v) is 3.03. The monoisotopic (exact) mass is 551 g/mol. The van der Waals surface area contributed by atoms with Crippen LogP contribution in [-0.4, -0.2) is 29.3 Å². The highest BCUT2D eigenvalue weighted by atomic mass is 127. The number of aromatic nitrogens is 2. The SMILES string of the molecule is CN=C(NCCCc1nn(-c2ccc(F)cc2)c(N)c1C#N)NCc1ccc(F)cc1.I. The van der Waals surface area contributed by atoms with E-state index in [1.54, 1.807) is 31.3 Å². The number of aryl methyl sites for hydroxylation is 1. The smallest absolute Gasteiger partial charge is 0.191 e. The van der Waals surface area contributed by atoms with Crippen molar-refractivity contribution in [2.75, 3.05) is 19.3 Å². The van der Waals surface area contributed by atoms with Gasteiger partial charge in [-0.15, -0.1) is 24.0 Å². The summed E-state index contributed by atoms with van der Waals surface area (Å²) < 4.78 is 27.6.